The summed E-state index contributed by atoms with van der Waals surface area (Å²) in [6.07, 6.45) is 1.82. The molecule has 8 nitrogen and oxygen atoms in total. The van der Waals surface area contributed by atoms with Crippen LogP contribution in [0.15, 0.2) is 103 Å². The minimum atomic E-state index is -0.247. The van der Waals surface area contributed by atoms with Crippen molar-refractivity contribution in [3.05, 3.63) is 126 Å². The molecule has 0 fully saturated rings. The molecule has 0 saturated heterocycles. The quantitative estimate of drug-likeness (QED) is 0.167. The van der Waals surface area contributed by atoms with Gasteiger partial charge in [-0.1, -0.05) is 80.9 Å². The third kappa shape index (κ3) is 7.33. The van der Waals surface area contributed by atoms with E-state index < -0.39 is 0 Å². The molecule has 1 amide bonds. The third-order valence-corrected chi connectivity index (χ3v) is 7.76. The highest BCUT2D eigenvalue weighted by Crippen LogP contribution is 2.36. The van der Waals surface area contributed by atoms with Gasteiger partial charge in [0.05, 0.1) is 16.9 Å². The predicted molar refractivity (Wildman–Crippen MR) is 189 cm³/mol. The van der Waals surface area contributed by atoms with Crippen LogP contribution < -0.4 is 15.4 Å². The Hall–Kier alpha value is -5.50. The molecule has 0 spiro atoms. The first-order chi connectivity index (χ1) is 22.5. The summed E-state index contributed by atoms with van der Waals surface area (Å²) in [5, 5.41) is 12.1. The molecule has 2 N–H and O–H groups in total. The molecule has 0 bridgehead atoms. The van der Waals surface area contributed by atoms with E-state index >= 15 is 0 Å². The molecular formula is C39H40N6O2. The van der Waals surface area contributed by atoms with Gasteiger partial charge < -0.3 is 15.4 Å². The molecule has 8 heteroatoms. The second-order valence-electron chi connectivity index (χ2n) is 13.1. The van der Waals surface area contributed by atoms with Gasteiger partial charge in [-0.2, -0.15) is 5.10 Å². The van der Waals surface area contributed by atoms with Gasteiger partial charge in [0.25, 0.3) is 5.91 Å². The van der Waals surface area contributed by atoms with E-state index in [0.29, 0.717) is 29.7 Å². The summed E-state index contributed by atoms with van der Waals surface area (Å²) in [6, 6.07) is 31.9. The number of rotatable bonds is 9. The van der Waals surface area contributed by atoms with E-state index in [0.717, 1.165) is 44.5 Å². The normalized spacial score (nSPS) is 11.6. The first-order valence-corrected chi connectivity index (χ1v) is 15.9. The minimum Gasteiger partial charge on any atom is -0.488 e. The summed E-state index contributed by atoms with van der Waals surface area (Å²) < 4.78 is 8.15. The molecule has 2 aromatic heterocycles. The summed E-state index contributed by atoms with van der Waals surface area (Å²) in [7, 11) is 0. The Morgan fingerprint density at radius 2 is 1.68 bits per heavy atom. The van der Waals surface area contributed by atoms with Gasteiger partial charge in [0.1, 0.15) is 18.1 Å². The number of benzene rings is 4. The zero-order valence-corrected chi connectivity index (χ0v) is 27.7. The van der Waals surface area contributed by atoms with Gasteiger partial charge in [-0.25, -0.2) is 14.6 Å². The number of carbonyl (C=O) groups excluding carboxylic acids is 1. The fourth-order valence-corrected chi connectivity index (χ4v) is 5.22. The lowest BCUT2D eigenvalue weighted by Gasteiger charge is -2.15. The van der Waals surface area contributed by atoms with Crippen molar-refractivity contribution in [1.29, 1.82) is 0 Å². The Morgan fingerprint density at radius 1 is 0.915 bits per heavy atom. The van der Waals surface area contributed by atoms with Gasteiger partial charge in [-0.05, 0) is 68.3 Å². The van der Waals surface area contributed by atoms with Crippen LogP contribution in [-0.2, 0) is 12.0 Å². The molecule has 2 heterocycles. The molecule has 0 saturated carbocycles. The molecule has 0 aliphatic rings. The molecule has 238 valence electrons. The standard InChI is InChI=1S/C39H40N6O2/c1-25(2)41-38-40-23-29-20-32(35(21-33(29)43-38)47-24-27-11-8-7-9-12-27)28-13-10-14-30(19-28)42-37(46)34-22-36(39(4,5)6)44-45(34)31-17-15-26(3)16-18-31/h7-23,25H,24H2,1-6H3,(H,42,46)(H,40,41,43). The summed E-state index contributed by atoms with van der Waals surface area (Å²) in [5.74, 6) is 1.01. The Labute approximate surface area is 275 Å². The van der Waals surface area contributed by atoms with Crippen molar-refractivity contribution in [1.82, 2.24) is 19.7 Å². The van der Waals surface area contributed by atoms with Crippen LogP contribution in [0.5, 0.6) is 5.75 Å². The Balaban J connectivity index is 1.35. The highest BCUT2D eigenvalue weighted by Gasteiger charge is 2.24. The lowest BCUT2D eigenvalue weighted by Crippen LogP contribution is -2.17. The van der Waals surface area contributed by atoms with Crippen molar-refractivity contribution in [2.24, 2.45) is 0 Å². The Kier molecular flexibility index (Phi) is 8.76. The number of fused-ring (bicyclic) bond motifs is 1. The molecule has 4 aromatic carbocycles. The van der Waals surface area contributed by atoms with Crippen LogP contribution in [0.1, 0.15) is 61.9 Å². The topological polar surface area (TPSA) is 94.0 Å². The molecule has 47 heavy (non-hydrogen) atoms. The van der Waals surface area contributed by atoms with Crippen molar-refractivity contribution >= 4 is 28.4 Å². The molecule has 0 unspecified atom stereocenters. The number of aryl methyl sites for hydroxylation is 1. The highest BCUT2D eigenvalue weighted by molar-refractivity contribution is 6.04. The van der Waals surface area contributed by atoms with Gasteiger partial charge in [0.2, 0.25) is 5.95 Å². The predicted octanol–water partition coefficient (Wildman–Crippen LogP) is 8.74. The molecule has 0 aliphatic carbocycles. The van der Waals surface area contributed by atoms with Gasteiger partial charge in [0, 0.05) is 40.4 Å². The van der Waals surface area contributed by atoms with E-state index in [-0.39, 0.29) is 17.4 Å². The number of anilines is 2. The van der Waals surface area contributed by atoms with E-state index in [2.05, 4.69) is 50.2 Å². The van der Waals surface area contributed by atoms with Gasteiger partial charge in [-0.15, -0.1) is 0 Å². The van der Waals surface area contributed by atoms with Crippen LogP contribution in [0.4, 0.5) is 11.6 Å². The fraction of sp³-hybridized carbons (Fsp3) is 0.231. The van der Waals surface area contributed by atoms with Gasteiger partial charge >= 0.3 is 0 Å². The molecule has 0 atom stereocenters. The largest absolute Gasteiger partial charge is 0.488 e. The number of ether oxygens (including phenoxy) is 1. The summed E-state index contributed by atoms with van der Waals surface area (Å²) in [4.78, 5) is 23.1. The van der Waals surface area contributed by atoms with E-state index in [1.807, 2.05) is 110 Å². The fourth-order valence-electron chi connectivity index (χ4n) is 5.22. The van der Waals surface area contributed by atoms with Crippen LogP contribution in [0.3, 0.4) is 0 Å². The van der Waals surface area contributed by atoms with E-state index in [1.165, 1.54) is 0 Å². The zero-order valence-electron chi connectivity index (χ0n) is 27.7. The van der Waals surface area contributed by atoms with Gasteiger partial charge in [0.15, 0.2) is 0 Å². The summed E-state index contributed by atoms with van der Waals surface area (Å²) in [6.45, 7) is 12.8. The third-order valence-electron chi connectivity index (χ3n) is 7.76. The summed E-state index contributed by atoms with van der Waals surface area (Å²) >= 11 is 0. The Bertz CT molecular complexity index is 2030. The molecular weight excluding hydrogens is 584 g/mol. The number of hydrogen-bond acceptors (Lipinski definition) is 6. The zero-order chi connectivity index (χ0) is 33.1. The maximum absolute atomic E-state index is 13.9. The van der Waals surface area contributed by atoms with Crippen molar-refractivity contribution in [3.63, 3.8) is 0 Å². The SMILES string of the molecule is Cc1ccc(-n2nc(C(C)(C)C)cc2C(=O)Nc2cccc(-c3cc4cnc(NC(C)C)nc4cc3OCc3ccccc3)c2)cc1. The van der Waals surface area contributed by atoms with Crippen LogP contribution in [-0.4, -0.2) is 31.7 Å². The first-order valence-electron chi connectivity index (χ1n) is 15.9. The van der Waals surface area contributed by atoms with Crippen LogP contribution in [0.25, 0.3) is 27.7 Å². The maximum atomic E-state index is 13.9. The maximum Gasteiger partial charge on any atom is 0.274 e. The molecule has 0 aliphatic heterocycles. The Morgan fingerprint density at radius 3 is 2.40 bits per heavy atom. The summed E-state index contributed by atoms with van der Waals surface area (Å²) in [5.41, 5.74) is 7.29. The number of amides is 1. The second-order valence-corrected chi connectivity index (χ2v) is 13.1. The molecule has 0 radical (unpaired) electrons. The number of carbonyl (C=O) groups is 1. The van der Waals surface area contributed by atoms with Crippen molar-refractivity contribution in [2.75, 3.05) is 10.6 Å². The molecule has 6 rings (SSSR count). The number of nitrogens with one attached hydrogen (secondary N) is 2. The molecule has 6 aromatic rings. The second kappa shape index (κ2) is 13.1. The highest BCUT2D eigenvalue weighted by atomic mass is 16.5. The van der Waals surface area contributed by atoms with Crippen LogP contribution >= 0.6 is 0 Å². The monoisotopic (exact) mass is 624 g/mol. The lowest BCUT2D eigenvalue weighted by molar-refractivity contribution is 0.101. The average Bonchev–Trinajstić information content (AvgIpc) is 3.51. The number of aromatic nitrogens is 4. The number of hydrogen-bond donors (Lipinski definition) is 2. The average molecular weight is 625 g/mol. The van der Waals surface area contributed by atoms with E-state index in [4.69, 9.17) is 14.8 Å². The van der Waals surface area contributed by atoms with E-state index in [1.54, 1.807) is 4.68 Å². The number of nitrogens with zero attached hydrogens (tertiary/aromatic N) is 4. The van der Waals surface area contributed by atoms with Crippen molar-refractivity contribution < 1.29 is 9.53 Å². The van der Waals surface area contributed by atoms with E-state index in [9.17, 15) is 4.79 Å². The minimum absolute atomic E-state index is 0.203. The van der Waals surface area contributed by atoms with Crippen molar-refractivity contribution in [2.45, 2.75) is 59.6 Å². The van der Waals surface area contributed by atoms with Crippen molar-refractivity contribution in [3.8, 4) is 22.6 Å². The first kappa shape index (κ1) is 31.5. The van der Waals surface area contributed by atoms with Crippen LogP contribution in [0.2, 0.25) is 0 Å². The lowest BCUT2D eigenvalue weighted by atomic mass is 9.92. The smallest absolute Gasteiger partial charge is 0.274 e. The van der Waals surface area contributed by atoms with Gasteiger partial charge in [-0.3, -0.25) is 4.79 Å². The van der Waals surface area contributed by atoms with Crippen LogP contribution in [0, 0.1) is 6.92 Å².